The lowest BCUT2D eigenvalue weighted by Crippen LogP contribution is -2.40. The molecule has 1 aliphatic heterocycles. The molecule has 0 bridgehead atoms. The summed E-state index contributed by atoms with van der Waals surface area (Å²) in [7, 11) is 0. The van der Waals surface area contributed by atoms with Crippen molar-refractivity contribution in [1.29, 1.82) is 0 Å². The smallest absolute Gasteiger partial charge is 0.221 e. The minimum Gasteiger partial charge on any atom is -0.379 e. The highest BCUT2D eigenvalue weighted by atomic mass is 16.5. The van der Waals surface area contributed by atoms with Gasteiger partial charge in [0.05, 0.1) is 13.2 Å². The van der Waals surface area contributed by atoms with Gasteiger partial charge in [0.15, 0.2) is 0 Å². The highest BCUT2D eigenvalue weighted by molar-refractivity contribution is 5.76. The molecule has 5 nitrogen and oxygen atoms in total. The molecule has 0 saturated carbocycles. The molecular formula is C17H27N3O2. The van der Waals surface area contributed by atoms with Gasteiger partial charge < -0.3 is 15.4 Å². The normalized spacial score (nSPS) is 15.6. The van der Waals surface area contributed by atoms with E-state index in [0.717, 1.165) is 52.4 Å². The first-order chi connectivity index (χ1) is 10.8. The molecule has 1 aromatic carbocycles. The average molecular weight is 305 g/mol. The maximum absolute atomic E-state index is 11.7. The molecule has 0 aliphatic carbocycles. The summed E-state index contributed by atoms with van der Waals surface area (Å²) < 4.78 is 5.31. The third-order valence-electron chi connectivity index (χ3n) is 3.82. The van der Waals surface area contributed by atoms with E-state index in [1.807, 2.05) is 18.2 Å². The Labute approximate surface area is 133 Å². The lowest BCUT2D eigenvalue weighted by atomic mass is 10.1. The van der Waals surface area contributed by atoms with Gasteiger partial charge in [-0.25, -0.2) is 0 Å². The van der Waals surface area contributed by atoms with Gasteiger partial charge in [-0.2, -0.15) is 0 Å². The quantitative estimate of drug-likeness (QED) is 0.658. The largest absolute Gasteiger partial charge is 0.379 e. The molecule has 2 N–H and O–H groups in total. The van der Waals surface area contributed by atoms with E-state index in [9.17, 15) is 4.79 Å². The van der Waals surface area contributed by atoms with Crippen molar-refractivity contribution < 1.29 is 9.53 Å². The number of amides is 1. The van der Waals surface area contributed by atoms with Crippen LogP contribution >= 0.6 is 0 Å². The van der Waals surface area contributed by atoms with Gasteiger partial charge in [-0.1, -0.05) is 30.3 Å². The maximum atomic E-state index is 11.7. The second-order valence-electron chi connectivity index (χ2n) is 5.54. The molecule has 0 aromatic heterocycles. The summed E-state index contributed by atoms with van der Waals surface area (Å²) in [6.45, 7) is 7.10. The summed E-state index contributed by atoms with van der Waals surface area (Å²) in [4.78, 5) is 14.1. The fourth-order valence-corrected chi connectivity index (χ4v) is 2.47. The van der Waals surface area contributed by atoms with E-state index in [1.54, 1.807) is 0 Å². The third kappa shape index (κ3) is 7.02. The van der Waals surface area contributed by atoms with Gasteiger partial charge in [0, 0.05) is 45.7 Å². The van der Waals surface area contributed by atoms with E-state index >= 15 is 0 Å². The Balaban J connectivity index is 1.44. The minimum absolute atomic E-state index is 0.120. The van der Waals surface area contributed by atoms with Crippen LogP contribution in [0.1, 0.15) is 12.0 Å². The van der Waals surface area contributed by atoms with Crippen molar-refractivity contribution >= 4 is 5.91 Å². The summed E-state index contributed by atoms with van der Waals surface area (Å²) in [6, 6.07) is 10.2. The first-order valence-electron chi connectivity index (χ1n) is 8.16. The third-order valence-corrected chi connectivity index (χ3v) is 3.82. The van der Waals surface area contributed by atoms with E-state index in [2.05, 4.69) is 27.7 Å². The van der Waals surface area contributed by atoms with E-state index in [4.69, 9.17) is 4.74 Å². The van der Waals surface area contributed by atoms with Crippen LogP contribution in [0.5, 0.6) is 0 Å². The minimum atomic E-state index is 0.120. The van der Waals surface area contributed by atoms with Gasteiger partial charge in [-0.3, -0.25) is 9.69 Å². The van der Waals surface area contributed by atoms with Gasteiger partial charge in [0.1, 0.15) is 0 Å². The fourth-order valence-electron chi connectivity index (χ4n) is 2.47. The summed E-state index contributed by atoms with van der Waals surface area (Å²) in [6.07, 6.45) is 1.43. The van der Waals surface area contributed by atoms with Crippen molar-refractivity contribution in [3.05, 3.63) is 35.9 Å². The molecule has 0 spiro atoms. The monoisotopic (exact) mass is 305 g/mol. The van der Waals surface area contributed by atoms with Gasteiger partial charge in [0.25, 0.3) is 0 Å². The Hall–Kier alpha value is -1.43. The standard InChI is InChI=1S/C17H27N3O2/c21-17(19-9-6-16-4-2-1-3-5-16)7-8-18-10-11-20-12-14-22-15-13-20/h1-5,18H,6-15H2,(H,19,21). The van der Waals surface area contributed by atoms with Crippen molar-refractivity contribution in [2.24, 2.45) is 0 Å². The zero-order chi connectivity index (χ0) is 15.5. The van der Waals surface area contributed by atoms with Crippen LogP contribution in [0.15, 0.2) is 30.3 Å². The van der Waals surface area contributed by atoms with Crippen LogP contribution in [-0.4, -0.2) is 63.3 Å². The van der Waals surface area contributed by atoms with E-state index in [-0.39, 0.29) is 5.91 Å². The number of nitrogens with zero attached hydrogens (tertiary/aromatic N) is 1. The number of hydrogen-bond acceptors (Lipinski definition) is 4. The SMILES string of the molecule is O=C(CCNCCN1CCOCC1)NCCc1ccccc1. The van der Waals surface area contributed by atoms with E-state index in [1.165, 1.54) is 5.56 Å². The molecule has 0 atom stereocenters. The zero-order valence-electron chi connectivity index (χ0n) is 13.2. The van der Waals surface area contributed by atoms with Crippen molar-refractivity contribution in [2.75, 3.05) is 52.5 Å². The number of ether oxygens (including phenoxy) is 1. The van der Waals surface area contributed by atoms with Crippen LogP contribution in [0.3, 0.4) is 0 Å². The predicted octanol–water partition coefficient (Wildman–Crippen LogP) is 0.657. The summed E-state index contributed by atoms with van der Waals surface area (Å²) >= 11 is 0. The number of hydrogen-bond donors (Lipinski definition) is 2. The number of nitrogens with one attached hydrogen (secondary N) is 2. The van der Waals surface area contributed by atoms with Gasteiger partial charge in [0.2, 0.25) is 5.91 Å². The number of carbonyl (C=O) groups excluding carboxylic acids is 1. The van der Waals surface area contributed by atoms with Crippen LogP contribution in [-0.2, 0) is 16.0 Å². The van der Waals surface area contributed by atoms with E-state index < -0.39 is 0 Å². The molecule has 5 heteroatoms. The summed E-state index contributed by atoms with van der Waals surface area (Å²) in [5.74, 6) is 0.120. The van der Waals surface area contributed by atoms with Gasteiger partial charge >= 0.3 is 0 Å². The van der Waals surface area contributed by atoms with Crippen molar-refractivity contribution in [3.63, 3.8) is 0 Å². The van der Waals surface area contributed by atoms with Gasteiger partial charge in [-0.05, 0) is 12.0 Å². The molecular weight excluding hydrogens is 278 g/mol. The molecule has 1 saturated heterocycles. The molecule has 1 aliphatic rings. The Kier molecular flexibility index (Phi) is 7.94. The van der Waals surface area contributed by atoms with Crippen LogP contribution in [0, 0.1) is 0 Å². The lowest BCUT2D eigenvalue weighted by molar-refractivity contribution is -0.120. The first kappa shape index (κ1) is 16.9. The number of rotatable bonds is 9. The number of morpholine rings is 1. The zero-order valence-corrected chi connectivity index (χ0v) is 13.2. The van der Waals surface area contributed by atoms with Crippen LogP contribution < -0.4 is 10.6 Å². The van der Waals surface area contributed by atoms with Crippen molar-refractivity contribution in [1.82, 2.24) is 15.5 Å². The van der Waals surface area contributed by atoms with E-state index in [0.29, 0.717) is 13.0 Å². The maximum Gasteiger partial charge on any atom is 0.221 e. The Morgan fingerprint density at radius 3 is 2.64 bits per heavy atom. The highest BCUT2D eigenvalue weighted by Gasteiger charge is 2.09. The molecule has 122 valence electrons. The fraction of sp³-hybridized carbons (Fsp3) is 0.588. The second kappa shape index (κ2) is 10.3. The molecule has 1 fully saturated rings. The lowest BCUT2D eigenvalue weighted by Gasteiger charge is -2.26. The van der Waals surface area contributed by atoms with Crippen molar-refractivity contribution in [2.45, 2.75) is 12.8 Å². The van der Waals surface area contributed by atoms with Crippen LogP contribution in [0.4, 0.5) is 0 Å². The summed E-state index contributed by atoms with van der Waals surface area (Å²) in [5.41, 5.74) is 1.26. The number of carbonyl (C=O) groups is 1. The Morgan fingerprint density at radius 2 is 1.86 bits per heavy atom. The second-order valence-corrected chi connectivity index (χ2v) is 5.54. The molecule has 2 rings (SSSR count). The average Bonchev–Trinajstić information content (AvgIpc) is 2.56. The molecule has 0 unspecified atom stereocenters. The topological polar surface area (TPSA) is 53.6 Å². The highest BCUT2D eigenvalue weighted by Crippen LogP contribution is 1.98. The molecule has 1 heterocycles. The Bertz CT molecular complexity index is 419. The molecule has 22 heavy (non-hydrogen) atoms. The number of benzene rings is 1. The van der Waals surface area contributed by atoms with Crippen LogP contribution in [0.2, 0.25) is 0 Å². The van der Waals surface area contributed by atoms with Crippen LogP contribution in [0.25, 0.3) is 0 Å². The summed E-state index contributed by atoms with van der Waals surface area (Å²) in [5, 5.41) is 6.29. The molecule has 0 radical (unpaired) electrons. The molecule has 1 amide bonds. The van der Waals surface area contributed by atoms with Crippen molar-refractivity contribution in [3.8, 4) is 0 Å². The Morgan fingerprint density at radius 1 is 1.09 bits per heavy atom. The molecule has 1 aromatic rings. The first-order valence-corrected chi connectivity index (χ1v) is 8.16. The predicted molar refractivity (Wildman–Crippen MR) is 87.9 cm³/mol. The van der Waals surface area contributed by atoms with Gasteiger partial charge in [-0.15, -0.1) is 0 Å².